The number of nitrogens with one attached hydrogen (secondary N) is 1. The second kappa shape index (κ2) is 5.05. The lowest BCUT2D eigenvalue weighted by atomic mass is 10.1. The molecule has 2 aromatic carbocycles. The maximum atomic E-state index is 12.3. The fourth-order valence-corrected chi connectivity index (χ4v) is 3.15. The number of aryl methyl sites for hydroxylation is 3. The van der Waals surface area contributed by atoms with Crippen molar-refractivity contribution in [2.24, 2.45) is 0 Å². The molecule has 0 heterocycles. The lowest BCUT2D eigenvalue weighted by Gasteiger charge is -2.11. The normalized spacial score (nSPS) is 11.3. The highest BCUT2D eigenvalue weighted by atomic mass is 32.2. The predicted molar refractivity (Wildman–Crippen MR) is 77.9 cm³/mol. The standard InChI is InChI=1S/C15H17NO2S/c1-11-5-4-6-14(10-11)19(17,18)16-15-8-7-12(2)9-13(15)3/h4-10,16H,1-3H3. The minimum Gasteiger partial charge on any atom is -0.279 e. The van der Waals surface area contributed by atoms with Crippen LogP contribution < -0.4 is 4.72 Å². The van der Waals surface area contributed by atoms with Crippen molar-refractivity contribution >= 4 is 15.7 Å². The van der Waals surface area contributed by atoms with Gasteiger partial charge in [-0.05, 0) is 50.1 Å². The molecular weight excluding hydrogens is 258 g/mol. The molecule has 0 spiro atoms. The Hall–Kier alpha value is -1.81. The van der Waals surface area contributed by atoms with E-state index in [1.54, 1.807) is 24.3 Å². The molecule has 0 amide bonds. The van der Waals surface area contributed by atoms with E-state index in [1.165, 1.54) is 0 Å². The summed E-state index contributed by atoms with van der Waals surface area (Å²) in [5.41, 5.74) is 3.56. The lowest BCUT2D eigenvalue weighted by molar-refractivity contribution is 0.601. The quantitative estimate of drug-likeness (QED) is 0.933. The van der Waals surface area contributed by atoms with E-state index >= 15 is 0 Å². The topological polar surface area (TPSA) is 46.2 Å². The zero-order chi connectivity index (χ0) is 14.0. The van der Waals surface area contributed by atoms with Crippen LogP contribution in [0.25, 0.3) is 0 Å². The van der Waals surface area contributed by atoms with Crippen molar-refractivity contribution in [2.45, 2.75) is 25.7 Å². The van der Waals surface area contributed by atoms with E-state index in [0.29, 0.717) is 5.69 Å². The number of benzene rings is 2. The van der Waals surface area contributed by atoms with Gasteiger partial charge in [0.05, 0.1) is 10.6 Å². The maximum Gasteiger partial charge on any atom is 0.261 e. The van der Waals surface area contributed by atoms with E-state index < -0.39 is 10.0 Å². The lowest BCUT2D eigenvalue weighted by Crippen LogP contribution is -2.13. The van der Waals surface area contributed by atoms with Gasteiger partial charge in [-0.15, -0.1) is 0 Å². The van der Waals surface area contributed by atoms with E-state index in [-0.39, 0.29) is 4.90 Å². The Morgan fingerprint density at radius 1 is 0.895 bits per heavy atom. The zero-order valence-electron chi connectivity index (χ0n) is 11.3. The van der Waals surface area contributed by atoms with Crippen LogP contribution in [0.4, 0.5) is 5.69 Å². The first-order chi connectivity index (χ1) is 8.88. The monoisotopic (exact) mass is 275 g/mol. The molecule has 0 aliphatic heterocycles. The first kappa shape index (κ1) is 13.6. The van der Waals surface area contributed by atoms with Gasteiger partial charge in [-0.1, -0.05) is 29.8 Å². The average molecular weight is 275 g/mol. The van der Waals surface area contributed by atoms with Crippen LogP contribution in [-0.4, -0.2) is 8.42 Å². The van der Waals surface area contributed by atoms with Gasteiger partial charge >= 0.3 is 0 Å². The molecule has 1 N–H and O–H groups in total. The molecule has 0 saturated heterocycles. The van der Waals surface area contributed by atoms with Gasteiger partial charge in [0, 0.05) is 0 Å². The third-order valence-electron chi connectivity index (χ3n) is 2.93. The van der Waals surface area contributed by atoms with Crippen LogP contribution in [0.1, 0.15) is 16.7 Å². The third kappa shape index (κ3) is 3.15. The Morgan fingerprint density at radius 2 is 1.58 bits per heavy atom. The molecule has 2 rings (SSSR count). The molecule has 0 aliphatic carbocycles. The summed E-state index contributed by atoms with van der Waals surface area (Å²) in [7, 11) is -3.52. The van der Waals surface area contributed by atoms with Gasteiger partial charge in [-0.3, -0.25) is 4.72 Å². The summed E-state index contributed by atoms with van der Waals surface area (Å²) >= 11 is 0. The highest BCUT2D eigenvalue weighted by molar-refractivity contribution is 7.92. The Balaban J connectivity index is 2.36. The summed E-state index contributed by atoms with van der Waals surface area (Å²) in [5.74, 6) is 0. The van der Waals surface area contributed by atoms with Crippen molar-refractivity contribution in [1.29, 1.82) is 0 Å². The second-order valence-electron chi connectivity index (χ2n) is 4.74. The first-order valence-corrected chi connectivity index (χ1v) is 7.53. The van der Waals surface area contributed by atoms with Crippen LogP contribution in [0.3, 0.4) is 0 Å². The highest BCUT2D eigenvalue weighted by Gasteiger charge is 2.15. The van der Waals surface area contributed by atoms with Crippen LogP contribution in [0.15, 0.2) is 47.4 Å². The molecule has 100 valence electrons. The molecule has 4 heteroatoms. The number of sulfonamides is 1. The van der Waals surface area contributed by atoms with Gasteiger partial charge in [-0.2, -0.15) is 0 Å². The molecule has 0 radical (unpaired) electrons. The molecular formula is C15H17NO2S. The van der Waals surface area contributed by atoms with Crippen LogP contribution in [0.2, 0.25) is 0 Å². The van der Waals surface area contributed by atoms with E-state index in [1.807, 2.05) is 39.0 Å². The van der Waals surface area contributed by atoms with Gasteiger partial charge in [0.2, 0.25) is 0 Å². The summed E-state index contributed by atoms with van der Waals surface area (Å²) < 4.78 is 27.2. The Kier molecular flexibility index (Phi) is 3.62. The van der Waals surface area contributed by atoms with Gasteiger partial charge in [-0.25, -0.2) is 8.42 Å². The summed E-state index contributed by atoms with van der Waals surface area (Å²) in [6, 6.07) is 12.5. The van der Waals surface area contributed by atoms with E-state index in [0.717, 1.165) is 16.7 Å². The average Bonchev–Trinajstić information content (AvgIpc) is 2.33. The minimum absolute atomic E-state index is 0.285. The van der Waals surface area contributed by atoms with Crippen molar-refractivity contribution in [1.82, 2.24) is 0 Å². The number of rotatable bonds is 3. The summed E-state index contributed by atoms with van der Waals surface area (Å²) in [4.78, 5) is 0.285. The largest absolute Gasteiger partial charge is 0.279 e. The second-order valence-corrected chi connectivity index (χ2v) is 6.42. The van der Waals surface area contributed by atoms with Crippen LogP contribution in [-0.2, 0) is 10.0 Å². The number of anilines is 1. The van der Waals surface area contributed by atoms with Crippen LogP contribution in [0.5, 0.6) is 0 Å². The summed E-state index contributed by atoms with van der Waals surface area (Å²) in [6.45, 7) is 5.74. The third-order valence-corrected chi connectivity index (χ3v) is 4.29. The smallest absolute Gasteiger partial charge is 0.261 e. The van der Waals surface area contributed by atoms with Crippen molar-refractivity contribution in [3.63, 3.8) is 0 Å². The maximum absolute atomic E-state index is 12.3. The Labute approximate surface area is 114 Å². The van der Waals surface area contributed by atoms with Gasteiger partial charge in [0.15, 0.2) is 0 Å². The first-order valence-electron chi connectivity index (χ1n) is 6.05. The fourth-order valence-electron chi connectivity index (χ4n) is 1.91. The van der Waals surface area contributed by atoms with Crippen LogP contribution in [0, 0.1) is 20.8 Å². The molecule has 0 saturated carbocycles. The predicted octanol–water partition coefficient (Wildman–Crippen LogP) is 3.41. The molecule has 0 unspecified atom stereocenters. The number of hydrogen-bond donors (Lipinski definition) is 1. The van der Waals surface area contributed by atoms with Gasteiger partial charge in [0.1, 0.15) is 0 Å². The Bertz CT molecular complexity index is 706. The van der Waals surface area contributed by atoms with Crippen molar-refractivity contribution in [3.05, 3.63) is 59.2 Å². The van der Waals surface area contributed by atoms with E-state index in [2.05, 4.69) is 4.72 Å². The molecule has 0 atom stereocenters. The molecule has 0 aromatic heterocycles. The zero-order valence-corrected chi connectivity index (χ0v) is 12.1. The van der Waals surface area contributed by atoms with Crippen molar-refractivity contribution in [3.8, 4) is 0 Å². The Morgan fingerprint density at radius 3 is 2.21 bits per heavy atom. The molecule has 19 heavy (non-hydrogen) atoms. The molecule has 0 aliphatic rings. The van der Waals surface area contributed by atoms with Crippen molar-refractivity contribution < 1.29 is 8.42 Å². The van der Waals surface area contributed by atoms with Gasteiger partial charge in [0.25, 0.3) is 10.0 Å². The molecule has 0 bridgehead atoms. The molecule has 2 aromatic rings. The minimum atomic E-state index is -3.52. The van der Waals surface area contributed by atoms with Gasteiger partial charge < -0.3 is 0 Å². The van der Waals surface area contributed by atoms with E-state index in [4.69, 9.17) is 0 Å². The van der Waals surface area contributed by atoms with E-state index in [9.17, 15) is 8.42 Å². The number of hydrogen-bond acceptors (Lipinski definition) is 2. The highest BCUT2D eigenvalue weighted by Crippen LogP contribution is 2.21. The summed E-state index contributed by atoms with van der Waals surface area (Å²) in [5, 5.41) is 0. The summed E-state index contributed by atoms with van der Waals surface area (Å²) in [6.07, 6.45) is 0. The van der Waals surface area contributed by atoms with Crippen molar-refractivity contribution in [2.75, 3.05) is 4.72 Å². The molecule has 0 fully saturated rings. The SMILES string of the molecule is Cc1cccc(S(=O)(=O)Nc2ccc(C)cc2C)c1. The molecule has 3 nitrogen and oxygen atoms in total. The van der Waals surface area contributed by atoms with Crippen LogP contribution >= 0.6 is 0 Å². The fraction of sp³-hybridized carbons (Fsp3) is 0.200.